The maximum Gasteiger partial charge on any atom is 0.340 e. The molecule has 0 saturated heterocycles. The van der Waals surface area contributed by atoms with E-state index in [-0.39, 0.29) is 6.42 Å². The Labute approximate surface area is 90.2 Å². The van der Waals surface area contributed by atoms with E-state index in [0.29, 0.717) is 0 Å². The second-order valence-electron chi connectivity index (χ2n) is 2.72. The monoisotopic (exact) mass is 265 g/mol. The third kappa shape index (κ3) is 4.59. The van der Waals surface area contributed by atoms with Gasteiger partial charge in [-0.25, -0.2) is 4.79 Å². The van der Waals surface area contributed by atoms with Gasteiger partial charge in [0.25, 0.3) is 0 Å². The summed E-state index contributed by atoms with van der Waals surface area (Å²) in [6, 6.07) is 0. The van der Waals surface area contributed by atoms with Crippen LogP contribution in [0.1, 0.15) is 6.42 Å². The fourth-order valence-electron chi connectivity index (χ4n) is 0.626. The lowest BCUT2D eigenvalue weighted by atomic mass is 10.1. The van der Waals surface area contributed by atoms with Gasteiger partial charge in [-0.15, -0.1) is 11.6 Å². The highest BCUT2D eigenvalue weighted by Gasteiger charge is 2.40. The molecule has 0 aromatic carbocycles. The predicted molar refractivity (Wildman–Crippen MR) is 51.6 cm³/mol. The van der Waals surface area contributed by atoms with Crippen molar-refractivity contribution in [2.24, 2.45) is 5.73 Å². The van der Waals surface area contributed by atoms with Crippen molar-refractivity contribution >= 4 is 36.8 Å². The van der Waals surface area contributed by atoms with E-state index < -0.39 is 30.1 Å². The maximum atomic E-state index is 10.5. The molecule has 0 aliphatic heterocycles. The summed E-state index contributed by atoms with van der Waals surface area (Å²) in [4.78, 5) is 25.2. The van der Waals surface area contributed by atoms with Crippen LogP contribution in [0.2, 0.25) is 0 Å². The van der Waals surface area contributed by atoms with Crippen molar-refractivity contribution in [3.05, 3.63) is 0 Å². The van der Waals surface area contributed by atoms with E-state index in [1.165, 1.54) is 0 Å². The summed E-state index contributed by atoms with van der Waals surface area (Å²) in [6.07, 6.45) is -0.835. The molecule has 14 heavy (non-hydrogen) atoms. The van der Waals surface area contributed by atoms with Crippen LogP contribution in [-0.2, 0) is 9.36 Å². The first-order chi connectivity index (χ1) is 6.07. The topological polar surface area (TPSA) is 121 Å². The number of nitrogens with two attached hydrogens (primary N) is 1. The Hall–Kier alpha value is 0.160. The fraction of sp³-hybridized carbons (Fsp3) is 0.800. The van der Waals surface area contributed by atoms with Gasteiger partial charge in [-0.05, 0) is 6.42 Å². The number of halogens is 2. The minimum absolute atomic E-state index is 0.280. The Kier molecular flexibility index (Phi) is 4.84. The molecule has 0 amide bonds. The van der Waals surface area contributed by atoms with E-state index in [1.807, 2.05) is 0 Å². The van der Waals surface area contributed by atoms with Gasteiger partial charge in [-0.3, -0.25) is 4.57 Å². The minimum atomic E-state index is -4.21. The lowest BCUT2D eigenvalue weighted by Crippen LogP contribution is -2.50. The van der Waals surface area contributed by atoms with Crippen LogP contribution in [0.4, 0.5) is 0 Å². The van der Waals surface area contributed by atoms with Crippen molar-refractivity contribution in [2.75, 3.05) is 6.16 Å². The predicted octanol–water partition coefficient (Wildman–Crippen LogP) is 0.140. The smallest absolute Gasteiger partial charge is 0.340 e. The Balaban J connectivity index is 4.29. The number of carboxylic acids is 1. The lowest BCUT2D eigenvalue weighted by Gasteiger charge is -2.22. The number of carbonyl (C=O) groups is 1. The molecule has 6 nitrogen and oxygen atoms in total. The van der Waals surface area contributed by atoms with Crippen molar-refractivity contribution in [1.82, 2.24) is 0 Å². The van der Waals surface area contributed by atoms with E-state index in [0.717, 1.165) is 0 Å². The van der Waals surface area contributed by atoms with Gasteiger partial charge in [0.1, 0.15) is 0 Å². The quantitative estimate of drug-likeness (QED) is 0.319. The minimum Gasteiger partial charge on any atom is -0.479 e. The van der Waals surface area contributed by atoms with Gasteiger partial charge in [0.2, 0.25) is 5.00 Å². The Morgan fingerprint density at radius 2 is 2.00 bits per heavy atom. The summed E-state index contributed by atoms with van der Waals surface area (Å²) in [6.45, 7) is 0. The molecule has 0 radical (unpaired) electrons. The van der Waals surface area contributed by atoms with Gasteiger partial charge in [0, 0.05) is 0 Å². The summed E-state index contributed by atoms with van der Waals surface area (Å²) in [5.74, 6) is -1.54. The van der Waals surface area contributed by atoms with Crippen molar-refractivity contribution in [3.63, 3.8) is 0 Å². The number of carboxylic acid groups (broad SMARTS) is 1. The average molecular weight is 266 g/mol. The van der Waals surface area contributed by atoms with Crippen LogP contribution in [0.5, 0.6) is 0 Å². The van der Waals surface area contributed by atoms with Crippen LogP contribution in [-0.4, -0.2) is 37.4 Å². The van der Waals surface area contributed by atoms with Crippen LogP contribution in [0, 0.1) is 0 Å². The van der Waals surface area contributed by atoms with E-state index in [2.05, 4.69) is 0 Å². The van der Waals surface area contributed by atoms with Gasteiger partial charge in [0.15, 0.2) is 0 Å². The number of alkyl halides is 2. The summed E-state index contributed by atoms with van der Waals surface area (Å²) < 4.78 is 10.4. The average Bonchev–Trinajstić information content (AvgIpc) is 1.98. The molecule has 2 atom stereocenters. The molecule has 0 fully saturated rings. The first-order valence-electron chi connectivity index (χ1n) is 3.47. The molecule has 0 rings (SSSR count). The summed E-state index contributed by atoms with van der Waals surface area (Å²) in [5, 5.41) is 7.25. The van der Waals surface area contributed by atoms with E-state index in [1.54, 1.807) is 0 Å². The molecule has 0 bridgehead atoms. The first kappa shape index (κ1) is 14.2. The largest absolute Gasteiger partial charge is 0.479 e. The highest BCUT2D eigenvalue weighted by atomic mass is 35.5. The summed E-state index contributed by atoms with van der Waals surface area (Å²) in [5.41, 5.74) is 5.11. The van der Waals surface area contributed by atoms with Gasteiger partial charge in [-0.1, -0.05) is 11.6 Å². The van der Waals surface area contributed by atoms with Gasteiger partial charge in [0.05, 0.1) is 11.5 Å². The number of rotatable bonds is 5. The van der Waals surface area contributed by atoms with E-state index in [9.17, 15) is 9.36 Å². The Morgan fingerprint density at radius 1 is 1.57 bits per heavy atom. The van der Waals surface area contributed by atoms with Crippen LogP contribution in [0.15, 0.2) is 0 Å². The zero-order valence-corrected chi connectivity index (χ0v) is 9.34. The van der Waals surface area contributed by atoms with Gasteiger partial charge >= 0.3 is 13.6 Å². The molecule has 0 spiro atoms. The Morgan fingerprint density at radius 3 is 2.29 bits per heavy atom. The fourth-order valence-corrected chi connectivity index (χ4v) is 1.68. The molecule has 0 aromatic rings. The van der Waals surface area contributed by atoms with Crippen molar-refractivity contribution < 1.29 is 24.3 Å². The lowest BCUT2D eigenvalue weighted by molar-refractivity contribution is -0.140. The number of hydrogen-bond acceptors (Lipinski definition) is 3. The molecule has 0 saturated carbocycles. The maximum absolute atomic E-state index is 10.5. The number of aliphatic carboxylic acids is 1. The van der Waals surface area contributed by atoms with Crippen LogP contribution < -0.4 is 5.73 Å². The van der Waals surface area contributed by atoms with Crippen molar-refractivity contribution in [3.8, 4) is 0 Å². The standard InChI is InChI=1S/C5H10Cl2NO5P/c6-3(1-2-14(11,12)13)5(7,8)4(9)10/h3H,1-2,8H2,(H,9,10)(H2,11,12,13). The molecule has 0 aliphatic carbocycles. The Bertz CT molecular complexity index is 265. The van der Waals surface area contributed by atoms with Crippen molar-refractivity contribution in [1.29, 1.82) is 0 Å². The summed E-state index contributed by atoms with van der Waals surface area (Å²) >= 11 is 10.8. The first-order valence-corrected chi connectivity index (χ1v) is 6.08. The van der Waals surface area contributed by atoms with E-state index in [4.69, 9.17) is 43.8 Å². The van der Waals surface area contributed by atoms with Gasteiger partial charge < -0.3 is 20.6 Å². The highest BCUT2D eigenvalue weighted by molar-refractivity contribution is 7.51. The molecular weight excluding hydrogens is 256 g/mol. The molecule has 0 heterocycles. The molecule has 5 N–H and O–H groups in total. The molecular formula is C5H10Cl2NO5P. The van der Waals surface area contributed by atoms with Crippen LogP contribution in [0.25, 0.3) is 0 Å². The third-order valence-corrected chi connectivity index (χ3v) is 3.40. The van der Waals surface area contributed by atoms with Crippen molar-refractivity contribution in [2.45, 2.75) is 16.8 Å². The second-order valence-corrected chi connectivity index (χ2v) is 5.65. The molecule has 0 aromatic heterocycles. The highest BCUT2D eigenvalue weighted by Crippen LogP contribution is 2.37. The molecule has 0 aliphatic rings. The van der Waals surface area contributed by atoms with Crippen LogP contribution >= 0.6 is 30.8 Å². The summed E-state index contributed by atoms with van der Waals surface area (Å²) in [7, 11) is -4.21. The number of hydrogen-bond donors (Lipinski definition) is 4. The second kappa shape index (κ2) is 4.79. The normalized spacial score (nSPS) is 18.6. The van der Waals surface area contributed by atoms with Crippen LogP contribution in [0.3, 0.4) is 0 Å². The molecule has 84 valence electrons. The zero-order valence-electron chi connectivity index (χ0n) is 6.93. The van der Waals surface area contributed by atoms with Gasteiger partial charge in [-0.2, -0.15) is 0 Å². The molecule has 9 heteroatoms. The molecule has 2 unspecified atom stereocenters. The SMILES string of the molecule is NC(Cl)(C(=O)O)C(Cl)CCP(=O)(O)O. The third-order valence-electron chi connectivity index (χ3n) is 1.46. The van der Waals surface area contributed by atoms with E-state index >= 15 is 0 Å². The zero-order chi connectivity index (χ0) is 11.6.